The minimum Gasteiger partial charge on any atom is -0.341 e. The summed E-state index contributed by atoms with van der Waals surface area (Å²) in [6.07, 6.45) is 6.55. The van der Waals surface area contributed by atoms with Crippen molar-refractivity contribution in [2.75, 3.05) is 18.8 Å². The summed E-state index contributed by atoms with van der Waals surface area (Å²) in [5.74, 6) is 0.772. The Balaban J connectivity index is 1.85. The molecule has 0 aromatic rings. The van der Waals surface area contributed by atoms with Gasteiger partial charge in [-0.25, -0.2) is 13.1 Å². The van der Waals surface area contributed by atoms with E-state index in [1.807, 2.05) is 4.90 Å². The molecule has 0 aromatic heterocycles. The Kier molecular flexibility index (Phi) is 4.84. The maximum atomic E-state index is 11.9. The molecule has 2 aliphatic rings. The fourth-order valence-corrected chi connectivity index (χ4v) is 3.88. The van der Waals surface area contributed by atoms with E-state index >= 15 is 0 Å². The summed E-state index contributed by atoms with van der Waals surface area (Å²) in [6, 6.07) is -0.235. The first kappa shape index (κ1) is 14.8. The van der Waals surface area contributed by atoms with Gasteiger partial charge in [-0.1, -0.05) is 19.3 Å². The van der Waals surface area contributed by atoms with Crippen LogP contribution in [-0.2, 0) is 14.8 Å². The molecule has 1 unspecified atom stereocenters. The van der Waals surface area contributed by atoms with Crippen molar-refractivity contribution < 1.29 is 13.2 Å². The SMILES string of the molecule is CCS(=O)(=O)NC1CC(=O)N(CC2CCCCC2)C1. The molecule has 1 N–H and O–H groups in total. The molecule has 1 saturated carbocycles. The van der Waals surface area contributed by atoms with Crippen LogP contribution in [0.25, 0.3) is 0 Å². The van der Waals surface area contributed by atoms with Gasteiger partial charge in [-0.15, -0.1) is 0 Å². The molecule has 0 aromatic carbocycles. The molecule has 0 radical (unpaired) electrons. The predicted molar refractivity (Wildman–Crippen MR) is 74.2 cm³/mol. The standard InChI is InChI=1S/C13H24N2O3S/c1-2-19(17,18)14-12-8-13(16)15(10-12)9-11-6-4-3-5-7-11/h11-12,14H,2-10H2,1H3. The van der Waals surface area contributed by atoms with Crippen molar-refractivity contribution in [2.45, 2.75) is 51.5 Å². The van der Waals surface area contributed by atoms with Gasteiger partial charge in [0, 0.05) is 25.6 Å². The molecule has 0 bridgehead atoms. The third-order valence-corrected chi connectivity index (χ3v) is 5.60. The summed E-state index contributed by atoms with van der Waals surface area (Å²) in [4.78, 5) is 13.8. The number of hydrogen-bond acceptors (Lipinski definition) is 3. The Morgan fingerprint density at radius 3 is 2.58 bits per heavy atom. The van der Waals surface area contributed by atoms with Crippen LogP contribution in [0.1, 0.15) is 45.4 Å². The highest BCUT2D eigenvalue weighted by Gasteiger charge is 2.33. The van der Waals surface area contributed by atoms with Gasteiger partial charge in [0.2, 0.25) is 15.9 Å². The third-order valence-electron chi connectivity index (χ3n) is 4.14. The van der Waals surface area contributed by atoms with Crippen LogP contribution in [-0.4, -0.2) is 44.1 Å². The molecule has 2 fully saturated rings. The Hall–Kier alpha value is -0.620. The zero-order chi connectivity index (χ0) is 13.9. The minimum absolute atomic E-state index is 0.0698. The van der Waals surface area contributed by atoms with Gasteiger partial charge in [-0.3, -0.25) is 4.79 Å². The molecule has 110 valence electrons. The quantitative estimate of drug-likeness (QED) is 0.824. The van der Waals surface area contributed by atoms with Gasteiger partial charge in [0.05, 0.1) is 5.75 Å². The Morgan fingerprint density at radius 1 is 1.26 bits per heavy atom. The van der Waals surface area contributed by atoms with Gasteiger partial charge in [0.15, 0.2) is 0 Å². The van der Waals surface area contributed by atoms with Crippen molar-refractivity contribution in [2.24, 2.45) is 5.92 Å². The first-order chi connectivity index (χ1) is 9.00. The van der Waals surface area contributed by atoms with E-state index in [4.69, 9.17) is 0 Å². The second kappa shape index (κ2) is 6.22. The number of nitrogens with one attached hydrogen (secondary N) is 1. The molecule has 1 aliphatic carbocycles. The molecule has 2 rings (SSSR count). The largest absolute Gasteiger partial charge is 0.341 e. The minimum atomic E-state index is -3.21. The highest BCUT2D eigenvalue weighted by Crippen LogP contribution is 2.26. The van der Waals surface area contributed by atoms with Gasteiger partial charge in [-0.2, -0.15) is 0 Å². The highest BCUT2D eigenvalue weighted by atomic mass is 32.2. The lowest BCUT2D eigenvalue weighted by Gasteiger charge is -2.27. The molecule has 1 atom stereocenters. The molecule has 1 saturated heterocycles. The number of amides is 1. The van der Waals surface area contributed by atoms with E-state index in [0.29, 0.717) is 18.9 Å². The maximum Gasteiger partial charge on any atom is 0.224 e. The maximum absolute atomic E-state index is 11.9. The number of rotatable bonds is 5. The summed E-state index contributed by atoms with van der Waals surface area (Å²) in [5, 5.41) is 0. The van der Waals surface area contributed by atoms with Gasteiger partial charge < -0.3 is 4.90 Å². The summed E-state index contributed by atoms with van der Waals surface area (Å²) in [5.41, 5.74) is 0. The van der Waals surface area contributed by atoms with Gasteiger partial charge in [0.1, 0.15) is 0 Å². The lowest BCUT2D eigenvalue weighted by molar-refractivity contribution is -0.128. The Labute approximate surface area is 115 Å². The number of likely N-dealkylation sites (tertiary alicyclic amines) is 1. The summed E-state index contributed by atoms with van der Waals surface area (Å²) < 4.78 is 25.6. The topological polar surface area (TPSA) is 66.5 Å². The second-order valence-electron chi connectivity index (χ2n) is 5.73. The van der Waals surface area contributed by atoms with Crippen molar-refractivity contribution in [3.05, 3.63) is 0 Å². The fourth-order valence-electron chi connectivity index (χ4n) is 3.05. The smallest absolute Gasteiger partial charge is 0.224 e. The molecule has 1 heterocycles. The van der Waals surface area contributed by atoms with Crippen LogP contribution >= 0.6 is 0 Å². The summed E-state index contributed by atoms with van der Waals surface area (Å²) in [7, 11) is -3.21. The number of carbonyl (C=O) groups excluding carboxylic acids is 1. The van der Waals surface area contributed by atoms with Gasteiger partial charge >= 0.3 is 0 Å². The molecule has 1 amide bonds. The van der Waals surface area contributed by atoms with Crippen LogP contribution in [0, 0.1) is 5.92 Å². The summed E-state index contributed by atoms with van der Waals surface area (Å²) >= 11 is 0. The number of sulfonamides is 1. The third kappa shape index (κ3) is 4.18. The van der Waals surface area contributed by atoms with Crippen molar-refractivity contribution in [1.82, 2.24) is 9.62 Å². The van der Waals surface area contributed by atoms with Crippen molar-refractivity contribution in [3.63, 3.8) is 0 Å². The van der Waals surface area contributed by atoms with Crippen molar-refractivity contribution in [1.29, 1.82) is 0 Å². The Bertz CT molecular complexity index is 416. The average molecular weight is 288 g/mol. The van der Waals surface area contributed by atoms with Gasteiger partial charge in [-0.05, 0) is 25.7 Å². The molecule has 19 heavy (non-hydrogen) atoms. The van der Waals surface area contributed by atoms with E-state index in [-0.39, 0.29) is 17.7 Å². The lowest BCUT2D eigenvalue weighted by atomic mass is 9.89. The predicted octanol–water partition coefficient (Wildman–Crippen LogP) is 1.11. The number of carbonyl (C=O) groups is 1. The number of nitrogens with zero attached hydrogens (tertiary/aromatic N) is 1. The molecule has 6 heteroatoms. The average Bonchev–Trinajstić information content (AvgIpc) is 2.70. The first-order valence-electron chi connectivity index (χ1n) is 7.28. The summed E-state index contributed by atoms with van der Waals surface area (Å²) in [6.45, 7) is 2.96. The lowest BCUT2D eigenvalue weighted by Crippen LogP contribution is -2.39. The van der Waals surface area contributed by atoms with E-state index in [1.165, 1.54) is 32.1 Å². The van der Waals surface area contributed by atoms with Crippen LogP contribution in [0.3, 0.4) is 0 Å². The van der Waals surface area contributed by atoms with Crippen molar-refractivity contribution >= 4 is 15.9 Å². The van der Waals surface area contributed by atoms with Crippen LogP contribution in [0.4, 0.5) is 0 Å². The Morgan fingerprint density at radius 2 is 1.95 bits per heavy atom. The fraction of sp³-hybridized carbons (Fsp3) is 0.923. The van der Waals surface area contributed by atoms with Gasteiger partial charge in [0.25, 0.3) is 0 Å². The second-order valence-corrected chi connectivity index (χ2v) is 7.77. The van der Waals surface area contributed by atoms with E-state index in [0.717, 1.165) is 6.54 Å². The van der Waals surface area contributed by atoms with E-state index in [9.17, 15) is 13.2 Å². The normalized spacial score (nSPS) is 26.1. The van der Waals surface area contributed by atoms with E-state index in [2.05, 4.69) is 4.72 Å². The van der Waals surface area contributed by atoms with Crippen LogP contribution in [0.2, 0.25) is 0 Å². The van der Waals surface area contributed by atoms with E-state index in [1.54, 1.807) is 6.92 Å². The molecular weight excluding hydrogens is 264 g/mol. The van der Waals surface area contributed by atoms with Crippen molar-refractivity contribution in [3.8, 4) is 0 Å². The molecule has 5 nitrogen and oxygen atoms in total. The highest BCUT2D eigenvalue weighted by molar-refractivity contribution is 7.89. The number of hydrogen-bond donors (Lipinski definition) is 1. The molecular formula is C13H24N2O3S. The van der Waals surface area contributed by atoms with Crippen LogP contribution < -0.4 is 4.72 Å². The molecule has 0 spiro atoms. The van der Waals surface area contributed by atoms with Crippen LogP contribution in [0.5, 0.6) is 0 Å². The monoisotopic (exact) mass is 288 g/mol. The van der Waals surface area contributed by atoms with Crippen LogP contribution in [0.15, 0.2) is 0 Å². The van der Waals surface area contributed by atoms with E-state index < -0.39 is 10.0 Å². The first-order valence-corrected chi connectivity index (χ1v) is 8.93. The zero-order valence-electron chi connectivity index (χ0n) is 11.6. The zero-order valence-corrected chi connectivity index (χ0v) is 12.4. The molecule has 1 aliphatic heterocycles.